The van der Waals surface area contributed by atoms with Gasteiger partial charge in [-0.15, -0.1) is 0 Å². The van der Waals surface area contributed by atoms with Gasteiger partial charge in [0, 0.05) is 5.56 Å². The van der Waals surface area contributed by atoms with Crippen molar-refractivity contribution in [2.45, 2.75) is 0 Å². The molecule has 2 aromatic carbocycles. The lowest BCUT2D eigenvalue weighted by Gasteiger charge is -2.13. The standard InChI is InChI=1S/C21H19NO6/c1-26-18-10-6-5-9-16(18)13-17(15-7-3-2-4-8-15)20(24)28-14-19(23)22-11-12-27-21(22)25/h2-10,13H,11-12,14H2,1H3/b17-13+. The third-order valence-corrected chi connectivity index (χ3v) is 4.13. The molecule has 0 aliphatic carbocycles. The highest BCUT2D eigenvalue weighted by Gasteiger charge is 2.29. The highest BCUT2D eigenvalue weighted by molar-refractivity contribution is 6.22. The van der Waals surface area contributed by atoms with Crippen molar-refractivity contribution >= 4 is 29.6 Å². The molecule has 0 N–H and O–H groups in total. The minimum atomic E-state index is -0.728. The first-order valence-electron chi connectivity index (χ1n) is 8.64. The van der Waals surface area contributed by atoms with E-state index in [2.05, 4.69) is 0 Å². The Kier molecular flexibility index (Phi) is 6.06. The number of hydrogen-bond donors (Lipinski definition) is 0. The van der Waals surface area contributed by atoms with Crippen LogP contribution in [0.1, 0.15) is 11.1 Å². The molecule has 2 amide bonds. The number of ether oxygens (including phenoxy) is 3. The molecule has 1 fully saturated rings. The molecule has 1 aliphatic heterocycles. The van der Waals surface area contributed by atoms with Gasteiger partial charge in [-0.25, -0.2) is 14.5 Å². The van der Waals surface area contributed by atoms with E-state index in [0.717, 1.165) is 4.90 Å². The fourth-order valence-electron chi connectivity index (χ4n) is 2.72. The molecule has 0 bridgehead atoms. The number of nitrogens with zero attached hydrogens (tertiary/aromatic N) is 1. The van der Waals surface area contributed by atoms with Crippen molar-refractivity contribution in [3.05, 3.63) is 65.7 Å². The van der Waals surface area contributed by atoms with Crippen molar-refractivity contribution in [2.24, 2.45) is 0 Å². The molecule has 0 aromatic heterocycles. The number of rotatable bonds is 6. The number of esters is 1. The van der Waals surface area contributed by atoms with Crippen molar-refractivity contribution in [2.75, 3.05) is 26.9 Å². The topological polar surface area (TPSA) is 82.1 Å². The Hall–Kier alpha value is -3.61. The molecule has 3 rings (SSSR count). The van der Waals surface area contributed by atoms with Crippen LogP contribution in [-0.4, -0.2) is 49.7 Å². The van der Waals surface area contributed by atoms with Gasteiger partial charge < -0.3 is 14.2 Å². The maximum Gasteiger partial charge on any atom is 0.416 e. The first-order chi connectivity index (χ1) is 13.6. The number of methoxy groups -OCH3 is 1. The second-order valence-corrected chi connectivity index (χ2v) is 5.90. The van der Waals surface area contributed by atoms with Gasteiger partial charge in [0.2, 0.25) is 0 Å². The van der Waals surface area contributed by atoms with Crippen LogP contribution in [0, 0.1) is 0 Å². The van der Waals surface area contributed by atoms with E-state index < -0.39 is 24.6 Å². The van der Waals surface area contributed by atoms with Crippen molar-refractivity contribution in [1.82, 2.24) is 4.90 Å². The van der Waals surface area contributed by atoms with Gasteiger partial charge in [-0.3, -0.25) is 4.79 Å². The summed E-state index contributed by atoms with van der Waals surface area (Å²) in [5.74, 6) is -0.710. The summed E-state index contributed by atoms with van der Waals surface area (Å²) in [6.07, 6.45) is 0.916. The fourth-order valence-corrected chi connectivity index (χ4v) is 2.72. The molecular formula is C21H19NO6. The zero-order valence-corrected chi connectivity index (χ0v) is 15.3. The maximum absolute atomic E-state index is 12.7. The summed E-state index contributed by atoms with van der Waals surface area (Å²) in [5, 5.41) is 0. The Labute approximate surface area is 162 Å². The van der Waals surface area contributed by atoms with E-state index in [9.17, 15) is 14.4 Å². The Morgan fingerprint density at radius 3 is 2.50 bits per heavy atom. The molecule has 1 saturated heterocycles. The fraction of sp³-hybridized carbons (Fsp3) is 0.190. The molecule has 7 heteroatoms. The van der Waals surface area contributed by atoms with Gasteiger partial charge in [-0.05, 0) is 17.7 Å². The Morgan fingerprint density at radius 2 is 1.82 bits per heavy atom. The summed E-state index contributed by atoms with van der Waals surface area (Å²) in [6, 6.07) is 16.2. The third kappa shape index (κ3) is 4.37. The summed E-state index contributed by atoms with van der Waals surface area (Å²) in [4.78, 5) is 37.2. The smallest absolute Gasteiger partial charge is 0.416 e. The zero-order valence-electron chi connectivity index (χ0n) is 15.3. The summed E-state index contributed by atoms with van der Waals surface area (Å²) in [6.45, 7) is -0.261. The SMILES string of the molecule is COc1ccccc1/C=C(/C(=O)OCC(=O)N1CCOC1=O)c1ccccc1. The predicted molar refractivity (Wildman–Crippen MR) is 101 cm³/mol. The normalized spacial score (nSPS) is 13.8. The van der Waals surface area contributed by atoms with Crippen molar-refractivity contribution in [3.63, 3.8) is 0 Å². The second kappa shape index (κ2) is 8.85. The molecule has 0 atom stereocenters. The minimum Gasteiger partial charge on any atom is -0.496 e. The van der Waals surface area contributed by atoms with E-state index in [1.165, 1.54) is 0 Å². The van der Waals surface area contributed by atoms with Gasteiger partial charge in [-0.2, -0.15) is 0 Å². The number of benzene rings is 2. The van der Waals surface area contributed by atoms with E-state index >= 15 is 0 Å². The molecule has 144 valence electrons. The summed E-state index contributed by atoms with van der Waals surface area (Å²) in [7, 11) is 1.54. The van der Waals surface area contributed by atoms with Crippen LogP contribution in [0.3, 0.4) is 0 Å². The lowest BCUT2D eigenvalue weighted by Crippen LogP contribution is -2.35. The first kappa shape index (κ1) is 19.2. The van der Waals surface area contributed by atoms with Crippen LogP contribution in [0.15, 0.2) is 54.6 Å². The van der Waals surface area contributed by atoms with Gasteiger partial charge in [0.1, 0.15) is 12.4 Å². The van der Waals surface area contributed by atoms with Gasteiger partial charge in [0.05, 0.1) is 19.2 Å². The summed E-state index contributed by atoms with van der Waals surface area (Å²) >= 11 is 0. The van der Waals surface area contributed by atoms with Gasteiger partial charge in [-0.1, -0.05) is 48.5 Å². The first-order valence-corrected chi connectivity index (χ1v) is 8.64. The average molecular weight is 381 g/mol. The lowest BCUT2D eigenvalue weighted by molar-refractivity contribution is -0.145. The number of hydrogen-bond acceptors (Lipinski definition) is 6. The second-order valence-electron chi connectivity index (χ2n) is 5.90. The molecule has 0 spiro atoms. The lowest BCUT2D eigenvalue weighted by atomic mass is 10.0. The Morgan fingerprint density at radius 1 is 1.11 bits per heavy atom. The molecule has 1 heterocycles. The molecule has 0 unspecified atom stereocenters. The Bertz CT molecular complexity index is 906. The van der Waals surface area contributed by atoms with E-state index in [4.69, 9.17) is 14.2 Å². The number of cyclic esters (lactones) is 1. The van der Waals surface area contributed by atoms with Crippen LogP contribution in [0.4, 0.5) is 4.79 Å². The number of carbonyl (C=O) groups excluding carboxylic acids is 3. The number of carbonyl (C=O) groups is 3. The summed E-state index contributed by atoms with van der Waals surface area (Å²) in [5.41, 5.74) is 1.59. The average Bonchev–Trinajstić information content (AvgIpc) is 3.17. The van der Waals surface area contributed by atoms with Gasteiger partial charge in [0.15, 0.2) is 6.61 Å². The van der Waals surface area contributed by atoms with E-state index in [1.807, 2.05) is 18.2 Å². The largest absolute Gasteiger partial charge is 0.496 e. The van der Waals surface area contributed by atoms with Crippen molar-refractivity contribution in [3.8, 4) is 5.75 Å². The highest BCUT2D eigenvalue weighted by Crippen LogP contribution is 2.25. The van der Waals surface area contributed by atoms with Crippen LogP contribution in [-0.2, 0) is 19.1 Å². The molecular weight excluding hydrogens is 362 g/mol. The van der Waals surface area contributed by atoms with Crippen LogP contribution in [0.2, 0.25) is 0 Å². The molecule has 1 aliphatic rings. The highest BCUT2D eigenvalue weighted by atomic mass is 16.6. The van der Waals surface area contributed by atoms with Crippen LogP contribution < -0.4 is 4.74 Å². The van der Waals surface area contributed by atoms with Gasteiger partial charge in [0.25, 0.3) is 5.91 Å². The number of amides is 2. The zero-order chi connectivity index (χ0) is 19.9. The number of imide groups is 1. The maximum atomic E-state index is 12.7. The van der Waals surface area contributed by atoms with Crippen molar-refractivity contribution in [1.29, 1.82) is 0 Å². The summed E-state index contributed by atoms with van der Waals surface area (Å²) < 4.78 is 15.2. The van der Waals surface area contributed by atoms with E-state index in [1.54, 1.807) is 49.6 Å². The van der Waals surface area contributed by atoms with E-state index in [0.29, 0.717) is 16.9 Å². The van der Waals surface area contributed by atoms with Crippen molar-refractivity contribution < 1.29 is 28.6 Å². The van der Waals surface area contributed by atoms with Crippen LogP contribution in [0.5, 0.6) is 5.75 Å². The van der Waals surface area contributed by atoms with Gasteiger partial charge >= 0.3 is 12.1 Å². The van der Waals surface area contributed by atoms with Crippen LogP contribution >= 0.6 is 0 Å². The number of para-hydroxylation sites is 1. The van der Waals surface area contributed by atoms with Crippen LogP contribution in [0.25, 0.3) is 11.6 Å². The third-order valence-electron chi connectivity index (χ3n) is 4.13. The quantitative estimate of drug-likeness (QED) is 0.435. The predicted octanol–water partition coefficient (Wildman–Crippen LogP) is 2.76. The molecule has 28 heavy (non-hydrogen) atoms. The Balaban J connectivity index is 1.83. The molecule has 0 saturated carbocycles. The molecule has 0 radical (unpaired) electrons. The minimum absolute atomic E-state index is 0.140. The monoisotopic (exact) mass is 381 g/mol. The van der Waals surface area contributed by atoms with E-state index in [-0.39, 0.29) is 18.7 Å². The molecule has 7 nitrogen and oxygen atoms in total. The molecule has 2 aromatic rings.